The van der Waals surface area contributed by atoms with Crippen molar-refractivity contribution >= 4 is 57.7 Å². The predicted molar refractivity (Wildman–Crippen MR) is 109 cm³/mol. The molecule has 1 saturated heterocycles. The molecule has 1 N–H and O–H groups in total. The highest BCUT2D eigenvalue weighted by Crippen LogP contribution is 2.37. The Morgan fingerprint density at radius 2 is 2.08 bits per heavy atom. The van der Waals surface area contributed by atoms with E-state index < -0.39 is 0 Å². The zero-order chi connectivity index (χ0) is 18.0. The molecule has 1 fully saturated rings. The minimum absolute atomic E-state index is 0.0272. The fourth-order valence-electron chi connectivity index (χ4n) is 2.39. The molecule has 7 heteroatoms. The molecule has 2 aromatic carbocycles. The molecule has 1 aliphatic rings. The van der Waals surface area contributed by atoms with Crippen LogP contribution in [-0.4, -0.2) is 28.7 Å². The van der Waals surface area contributed by atoms with E-state index in [2.05, 4.69) is 0 Å². The number of thiocarbonyl (C=S) groups is 1. The molecule has 0 aromatic heterocycles. The smallest absolute Gasteiger partial charge is 0.270 e. The van der Waals surface area contributed by atoms with Gasteiger partial charge in [-0.05, 0) is 48.2 Å². The quantitative estimate of drug-likeness (QED) is 0.471. The predicted octanol–water partition coefficient (Wildman–Crippen LogP) is 4.53. The lowest BCUT2D eigenvalue weighted by molar-refractivity contribution is -0.113. The number of thioether (sulfide) groups is 2. The highest BCUT2D eigenvalue weighted by molar-refractivity contribution is 8.27. The Bertz CT molecular complexity index is 880. The van der Waals surface area contributed by atoms with E-state index in [4.69, 9.17) is 17.0 Å². The highest BCUT2D eigenvalue weighted by atomic mass is 32.2. The van der Waals surface area contributed by atoms with E-state index in [-0.39, 0.29) is 11.7 Å². The molecule has 0 saturated carbocycles. The topological polar surface area (TPSA) is 49.8 Å². The Kier molecular flexibility index (Phi) is 5.36. The molecule has 128 valence electrons. The molecule has 4 nitrogen and oxygen atoms in total. The number of carbonyl (C=O) groups excluding carboxylic acids is 1. The van der Waals surface area contributed by atoms with Gasteiger partial charge in [0, 0.05) is 4.90 Å². The van der Waals surface area contributed by atoms with E-state index in [1.54, 1.807) is 36.0 Å². The number of amides is 1. The first kappa shape index (κ1) is 17.8. The summed E-state index contributed by atoms with van der Waals surface area (Å²) in [4.78, 5) is 15.9. The lowest BCUT2D eigenvalue weighted by Crippen LogP contribution is -2.27. The molecule has 1 aliphatic heterocycles. The Morgan fingerprint density at radius 1 is 1.28 bits per heavy atom. The van der Waals surface area contributed by atoms with Crippen LogP contribution in [0.5, 0.6) is 11.5 Å². The molecule has 0 unspecified atom stereocenters. The van der Waals surface area contributed by atoms with Crippen LogP contribution in [0.3, 0.4) is 0 Å². The summed E-state index contributed by atoms with van der Waals surface area (Å²) in [5, 5.41) is 9.89. The van der Waals surface area contributed by atoms with Gasteiger partial charge in [0.1, 0.15) is 0 Å². The number of hydrogen-bond donors (Lipinski definition) is 1. The van der Waals surface area contributed by atoms with Gasteiger partial charge in [0.15, 0.2) is 15.8 Å². The molecule has 1 amide bonds. The van der Waals surface area contributed by atoms with Crippen molar-refractivity contribution in [3.05, 3.63) is 52.9 Å². The number of phenols is 1. The molecule has 2 aromatic rings. The second-order valence-electron chi connectivity index (χ2n) is 5.15. The Balaban J connectivity index is 1.91. The number of phenolic OH excluding ortho intramolecular Hbond substituents is 1. The molecular weight excluding hydrogens is 374 g/mol. The van der Waals surface area contributed by atoms with Gasteiger partial charge in [-0.2, -0.15) is 0 Å². The molecule has 3 rings (SSSR count). The van der Waals surface area contributed by atoms with E-state index in [1.807, 2.05) is 30.5 Å². The van der Waals surface area contributed by atoms with Gasteiger partial charge in [0.05, 0.1) is 17.7 Å². The second-order valence-corrected chi connectivity index (χ2v) is 7.71. The fraction of sp³-hybridized carbons (Fsp3) is 0.111. The maximum atomic E-state index is 12.8. The van der Waals surface area contributed by atoms with Crippen molar-refractivity contribution in [1.82, 2.24) is 0 Å². The van der Waals surface area contributed by atoms with Gasteiger partial charge in [0.2, 0.25) is 0 Å². The van der Waals surface area contributed by atoms with Gasteiger partial charge in [-0.1, -0.05) is 36.1 Å². The van der Waals surface area contributed by atoms with Crippen LogP contribution in [0.15, 0.2) is 52.3 Å². The summed E-state index contributed by atoms with van der Waals surface area (Å²) in [5.74, 6) is 0.251. The van der Waals surface area contributed by atoms with E-state index in [0.29, 0.717) is 20.5 Å². The third-order valence-corrected chi connectivity index (χ3v) is 5.63. The van der Waals surface area contributed by atoms with E-state index in [9.17, 15) is 9.90 Å². The Labute approximate surface area is 159 Å². The number of carbonyl (C=O) groups is 1. The van der Waals surface area contributed by atoms with Crippen LogP contribution in [0.1, 0.15) is 5.56 Å². The molecular formula is C18H15NO3S3. The zero-order valence-corrected chi connectivity index (χ0v) is 16.0. The van der Waals surface area contributed by atoms with Crippen LogP contribution in [-0.2, 0) is 4.79 Å². The van der Waals surface area contributed by atoms with Crippen LogP contribution in [0, 0.1) is 0 Å². The standard InChI is InChI=1S/C18H15NO3S3/c1-22-15-7-6-11(8-14(15)20)9-16-17(21)19(18(23)25-16)12-4-3-5-13(10-12)24-2/h3-10,20H,1-2H3/b16-9+. The highest BCUT2D eigenvalue weighted by Gasteiger charge is 2.33. The normalized spacial score (nSPS) is 15.9. The van der Waals surface area contributed by atoms with Crippen molar-refractivity contribution in [2.75, 3.05) is 18.3 Å². The van der Waals surface area contributed by atoms with Crippen LogP contribution in [0.25, 0.3) is 6.08 Å². The van der Waals surface area contributed by atoms with Crippen LogP contribution >= 0.6 is 35.7 Å². The molecule has 25 heavy (non-hydrogen) atoms. The van der Waals surface area contributed by atoms with Crippen LogP contribution in [0.2, 0.25) is 0 Å². The summed E-state index contributed by atoms with van der Waals surface area (Å²) in [7, 11) is 1.49. The number of benzene rings is 2. The average molecular weight is 390 g/mol. The van der Waals surface area contributed by atoms with E-state index >= 15 is 0 Å². The van der Waals surface area contributed by atoms with Crippen LogP contribution in [0.4, 0.5) is 5.69 Å². The van der Waals surface area contributed by atoms with Crippen LogP contribution < -0.4 is 9.64 Å². The first-order chi connectivity index (χ1) is 12.0. The molecule has 0 atom stereocenters. The van der Waals surface area contributed by atoms with Gasteiger partial charge < -0.3 is 9.84 Å². The van der Waals surface area contributed by atoms with Crippen molar-refractivity contribution in [3.63, 3.8) is 0 Å². The van der Waals surface area contributed by atoms with Crippen molar-refractivity contribution in [1.29, 1.82) is 0 Å². The number of aromatic hydroxyl groups is 1. The number of hydrogen-bond acceptors (Lipinski definition) is 6. The maximum Gasteiger partial charge on any atom is 0.270 e. The molecule has 0 spiro atoms. The van der Waals surface area contributed by atoms with E-state index in [0.717, 1.165) is 10.6 Å². The summed E-state index contributed by atoms with van der Waals surface area (Å²) >= 11 is 8.25. The van der Waals surface area contributed by atoms with Gasteiger partial charge in [-0.25, -0.2) is 0 Å². The molecule has 0 radical (unpaired) electrons. The summed E-state index contributed by atoms with van der Waals surface area (Å²) in [6.07, 6.45) is 3.70. The van der Waals surface area contributed by atoms with Crippen molar-refractivity contribution in [2.45, 2.75) is 4.90 Å². The van der Waals surface area contributed by atoms with Crippen molar-refractivity contribution in [3.8, 4) is 11.5 Å². The first-order valence-corrected chi connectivity index (χ1v) is 9.77. The lowest BCUT2D eigenvalue weighted by atomic mass is 10.2. The third kappa shape index (κ3) is 3.68. The van der Waals surface area contributed by atoms with Gasteiger partial charge >= 0.3 is 0 Å². The summed E-state index contributed by atoms with van der Waals surface area (Å²) in [6, 6.07) is 12.7. The fourth-order valence-corrected chi connectivity index (χ4v) is 4.14. The summed E-state index contributed by atoms with van der Waals surface area (Å²) in [6.45, 7) is 0. The monoisotopic (exact) mass is 389 g/mol. The Morgan fingerprint density at radius 3 is 2.76 bits per heavy atom. The number of rotatable bonds is 4. The summed E-state index contributed by atoms with van der Waals surface area (Å²) in [5.41, 5.74) is 1.46. The number of ether oxygens (including phenoxy) is 1. The third-order valence-electron chi connectivity index (χ3n) is 3.61. The molecule has 1 heterocycles. The minimum atomic E-state index is -0.163. The maximum absolute atomic E-state index is 12.8. The summed E-state index contributed by atoms with van der Waals surface area (Å²) < 4.78 is 5.52. The lowest BCUT2D eigenvalue weighted by Gasteiger charge is -2.15. The number of methoxy groups -OCH3 is 1. The molecule has 0 bridgehead atoms. The van der Waals surface area contributed by atoms with Gasteiger partial charge in [-0.15, -0.1) is 11.8 Å². The zero-order valence-electron chi connectivity index (χ0n) is 13.6. The SMILES string of the molecule is COc1ccc(/C=C2/SC(=S)N(c3cccc(SC)c3)C2=O)cc1O. The minimum Gasteiger partial charge on any atom is -0.504 e. The molecule has 0 aliphatic carbocycles. The van der Waals surface area contributed by atoms with Crippen molar-refractivity contribution < 1.29 is 14.6 Å². The van der Waals surface area contributed by atoms with Crippen molar-refractivity contribution in [2.24, 2.45) is 0 Å². The second kappa shape index (κ2) is 7.51. The van der Waals surface area contributed by atoms with E-state index in [1.165, 1.54) is 23.8 Å². The average Bonchev–Trinajstić information content (AvgIpc) is 2.88. The largest absolute Gasteiger partial charge is 0.504 e. The van der Waals surface area contributed by atoms with Gasteiger partial charge in [-0.3, -0.25) is 9.69 Å². The number of nitrogens with zero attached hydrogens (tertiary/aromatic N) is 1. The van der Waals surface area contributed by atoms with Gasteiger partial charge in [0.25, 0.3) is 5.91 Å². The first-order valence-electron chi connectivity index (χ1n) is 7.32. The Hall–Kier alpha value is -1.96. The number of anilines is 1.